The summed E-state index contributed by atoms with van der Waals surface area (Å²) in [5.41, 5.74) is 0.945. The van der Waals surface area contributed by atoms with Gasteiger partial charge >= 0.3 is 0 Å². The number of amides is 1. The smallest absolute Gasteiger partial charge is 0.222 e. The molecule has 0 bridgehead atoms. The minimum absolute atomic E-state index is 0. The first kappa shape index (κ1) is 19.9. The van der Waals surface area contributed by atoms with Gasteiger partial charge in [0.1, 0.15) is 5.82 Å². The van der Waals surface area contributed by atoms with Gasteiger partial charge in [0, 0.05) is 45.2 Å². The molecule has 1 fully saturated rings. The summed E-state index contributed by atoms with van der Waals surface area (Å²) in [6.07, 6.45) is 1.47. The predicted octanol–water partition coefficient (Wildman–Crippen LogP) is 1.84. The maximum atomic E-state index is 13.1. The molecule has 1 heterocycles. The van der Waals surface area contributed by atoms with Crippen LogP contribution in [0.15, 0.2) is 24.3 Å². The first-order chi connectivity index (χ1) is 10.6. The topological polar surface area (TPSA) is 44.4 Å². The summed E-state index contributed by atoms with van der Waals surface area (Å²) in [6, 6.07) is 6.59. The van der Waals surface area contributed by atoms with E-state index in [1.165, 1.54) is 12.1 Å². The zero-order valence-electron chi connectivity index (χ0n) is 13.7. The number of piperazine rings is 1. The number of hydrogen-bond acceptors (Lipinski definition) is 3. The fourth-order valence-electron chi connectivity index (χ4n) is 2.65. The zero-order chi connectivity index (χ0) is 15.8. The molecule has 1 saturated heterocycles. The Labute approximate surface area is 144 Å². The molecule has 23 heavy (non-hydrogen) atoms. The third-order valence-corrected chi connectivity index (χ3v) is 4.14. The van der Waals surface area contributed by atoms with Gasteiger partial charge in [-0.25, -0.2) is 4.39 Å². The van der Waals surface area contributed by atoms with Gasteiger partial charge in [-0.1, -0.05) is 19.1 Å². The predicted molar refractivity (Wildman–Crippen MR) is 93.5 cm³/mol. The summed E-state index contributed by atoms with van der Waals surface area (Å²) in [5.74, 6) is -0.177. The highest BCUT2D eigenvalue weighted by Gasteiger charge is 2.14. The summed E-state index contributed by atoms with van der Waals surface area (Å²) in [6.45, 7) is 7.68. The second-order valence-corrected chi connectivity index (χ2v) is 5.95. The third-order valence-electron chi connectivity index (χ3n) is 4.14. The fourth-order valence-corrected chi connectivity index (χ4v) is 2.65. The average molecular weight is 344 g/mol. The van der Waals surface area contributed by atoms with E-state index in [1.54, 1.807) is 6.07 Å². The van der Waals surface area contributed by atoms with Crippen molar-refractivity contribution in [3.63, 3.8) is 0 Å². The summed E-state index contributed by atoms with van der Waals surface area (Å²) in [7, 11) is 0. The Hall–Kier alpha value is -1.17. The van der Waals surface area contributed by atoms with Crippen LogP contribution in [0.25, 0.3) is 0 Å². The summed E-state index contributed by atoms with van der Waals surface area (Å²) in [5, 5.41) is 6.31. The molecule has 0 aliphatic carbocycles. The van der Waals surface area contributed by atoms with Crippen LogP contribution in [-0.4, -0.2) is 50.1 Å². The Bertz CT molecular complexity index is 481. The van der Waals surface area contributed by atoms with Crippen molar-refractivity contribution in [1.29, 1.82) is 0 Å². The standard InChI is InChI=1S/C17H26FN3O.ClH/c1-14(5-6-15-3-2-4-16(18)13-15)17(22)20-9-12-21-10-7-19-8-11-21;/h2-4,13-14,19H,5-12H2,1H3,(H,20,22);1H. The van der Waals surface area contributed by atoms with Crippen LogP contribution >= 0.6 is 12.4 Å². The van der Waals surface area contributed by atoms with Crippen LogP contribution in [0.4, 0.5) is 4.39 Å². The molecule has 1 atom stereocenters. The van der Waals surface area contributed by atoms with Gasteiger partial charge in [0.2, 0.25) is 5.91 Å². The van der Waals surface area contributed by atoms with Crippen molar-refractivity contribution in [1.82, 2.24) is 15.5 Å². The lowest BCUT2D eigenvalue weighted by molar-refractivity contribution is -0.124. The van der Waals surface area contributed by atoms with Gasteiger partial charge in [-0.05, 0) is 30.5 Å². The van der Waals surface area contributed by atoms with Crippen molar-refractivity contribution in [2.45, 2.75) is 19.8 Å². The van der Waals surface area contributed by atoms with Gasteiger partial charge in [0.15, 0.2) is 0 Å². The molecule has 1 amide bonds. The Morgan fingerprint density at radius 1 is 1.39 bits per heavy atom. The molecule has 1 aliphatic rings. The van der Waals surface area contributed by atoms with E-state index in [1.807, 2.05) is 13.0 Å². The van der Waals surface area contributed by atoms with Gasteiger partial charge in [-0.15, -0.1) is 12.4 Å². The van der Waals surface area contributed by atoms with Crippen molar-refractivity contribution >= 4 is 18.3 Å². The number of rotatable bonds is 7. The van der Waals surface area contributed by atoms with Gasteiger partial charge in [0.25, 0.3) is 0 Å². The van der Waals surface area contributed by atoms with Crippen LogP contribution in [0.1, 0.15) is 18.9 Å². The molecule has 4 nitrogen and oxygen atoms in total. The Kier molecular flexibility index (Phi) is 9.14. The second-order valence-electron chi connectivity index (χ2n) is 5.95. The molecule has 1 aliphatic heterocycles. The summed E-state index contributed by atoms with van der Waals surface area (Å²) >= 11 is 0. The SMILES string of the molecule is CC(CCc1cccc(F)c1)C(=O)NCCN1CCNCC1.Cl. The van der Waals surface area contributed by atoms with Crippen molar-refractivity contribution in [2.24, 2.45) is 5.92 Å². The molecule has 0 radical (unpaired) electrons. The minimum atomic E-state index is -0.217. The molecule has 0 saturated carbocycles. The van der Waals surface area contributed by atoms with E-state index in [-0.39, 0.29) is 30.0 Å². The minimum Gasteiger partial charge on any atom is -0.355 e. The van der Waals surface area contributed by atoms with Crippen molar-refractivity contribution in [3.05, 3.63) is 35.6 Å². The number of aryl methyl sites for hydroxylation is 1. The molecule has 2 rings (SSSR count). The normalized spacial score (nSPS) is 16.4. The molecule has 1 unspecified atom stereocenters. The lowest BCUT2D eigenvalue weighted by atomic mass is 10.0. The molecule has 130 valence electrons. The van der Waals surface area contributed by atoms with Crippen LogP contribution in [0.3, 0.4) is 0 Å². The first-order valence-corrected chi connectivity index (χ1v) is 8.10. The lowest BCUT2D eigenvalue weighted by Crippen LogP contribution is -2.46. The molecule has 0 spiro atoms. The fraction of sp³-hybridized carbons (Fsp3) is 0.588. The van der Waals surface area contributed by atoms with Gasteiger partial charge in [-0.2, -0.15) is 0 Å². The van der Waals surface area contributed by atoms with Crippen LogP contribution in [-0.2, 0) is 11.2 Å². The molecule has 1 aromatic carbocycles. The molecule has 1 aromatic rings. The number of benzene rings is 1. The van der Waals surface area contributed by atoms with Crippen LogP contribution in [0.5, 0.6) is 0 Å². The summed E-state index contributed by atoms with van der Waals surface area (Å²) in [4.78, 5) is 14.4. The van der Waals surface area contributed by atoms with E-state index in [0.29, 0.717) is 6.54 Å². The zero-order valence-corrected chi connectivity index (χ0v) is 14.5. The van der Waals surface area contributed by atoms with Gasteiger partial charge in [-0.3, -0.25) is 9.69 Å². The maximum absolute atomic E-state index is 13.1. The van der Waals surface area contributed by atoms with E-state index < -0.39 is 0 Å². The quantitative estimate of drug-likeness (QED) is 0.794. The van der Waals surface area contributed by atoms with E-state index in [0.717, 1.165) is 51.1 Å². The number of halogens is 2. The molecular formula is C17H27ClFN3O. The first-order valence-electron chi connectivity index (χ1n) is 8.10. The van der Waals surface area contributed by atoms with Crippen molar-refractivity contribution in [3.8, 4) is 0 Å². The van der Waals surface area contributed by atoms with Gasteiger partial charge in [0.05, 0.1) is 0 Å². The molecule has 0 aromatic heterocycles. The third kappa shape index (κ3) is 7.29. The number of carbonyl (C=O) groups excluding carboxylic acids is 1. The largest absolute Gasteiger partial charge is 0.355 e. The molecule has 2 N–H and O–H groups in total. The van der Waals surface area contributed by atoms with Crippen LogP contribution in [0.2, 0.25) is 0 Å². The highest BCUT2D eigenvalue weighted by molar-refractivity contribution is 5.85. The molecular weight excluding hydrogens is 317 g/mol. The highest BCUT2D eigenvalue weighted by atomic mass is 35.5. The Balaban J connectivity index is 0.00000264. The average Bonchev–Trinajstić information content (AvgIpc) is 2.53. The van der Waals surface area contributed by atoms with E-state index >= 15 is 0 Å². The number of nitrogens with one attached hydrogen (secondary N) is 2. The van der Waals surface area contributed by atoms with E-state index in [4.69, 9.17) is 0 Å². The van der Waals surface area contributed by atoms with Gasteiger partial charge < -0.3 is 10.6 Å². The highest BCUT2D eigenvalue weighted by Crippen LogP contribution is 2.11. The van der Waals surface area contributed by atoms with E-state index in [2.05, 4.69) is 15.5 Å². The number of hydrogen-bond donors (Lipinski definition) is 2. The number of nitrogens with zero attached hydrogens (tertiary/aromatic N) is 1. The van der Waals surface area contributed by atoms with Crippen molar-refractivity contribution in [2.75, 3.05) is 39.3 Å². The second kappa shape index (κ2) is 10.6. The molecule has 6 heteroatoms. The number of carbonyl (C=O) groups is 1. The lowest BCUT2D eigenvalue weighted by Gasteiger charge is -2.27. The Morgan fingerprint density at radius 2 is 2.13 bits per heavy atom. The van der Waals surface area contributed by atoms with Crippen LogP contribution in [0, 0.1) is 11.7 Å². The van der Waals surface area contributed by atoms with Crippen LogP contribution < -0.4 is 10.6 Å². The summed E-state index contributed by atoms with van der Waals surface area (Å²) < 4.78 is 13.1. The maximum Gasteiger partial charge on any atom is 0.222 e. The van der Waals surface area contributed by atoms with Crippen molar-refractivity contribution < 1.29 is 9.18 Å². The Morgan fingerprint density at radius 3 is 2.83 bits per heavy atom. The van der Waals surface area contributed by atoms with E-state index in [9.17, 15) is 9.18 Å². The monoisotopic (exact) mass is 343 g/mol.